The Bertz CT molecular complexity index is 231. The van der Waals surface area contributed by atoms with Crippen molar-refractivity contribution in [1.29, 1.82) is 0 Å². The van der Waals surface area contributed by atoms with E-state index in [1.165, 1.54) is 6.07 Å². The molecule has 0 aliphatic carbocycles. The van der Waals surface area contributed by atoms with Gasteiger partial charge in [-0.1, -0.05) is 0 Å². The van der Waals surface area contributed by atoms with Crippen molar-refractivity contribution in [2.24, 2.45) is 0 Å². The topological polar surface area (TPSA) is 30.2 Å². The third-order valence-corrected chi connectivity index (χ3v) is 1.03. The van der Waals surface area contributed by atoms with E-state index in [2.05, 4.69) is 4.42 Å². The predicted octanol–water partition coefficient (Wildman–Crippen LogP) is 1.80. The highest BCUT2D eigenvalue weighted by Gasteiger charge is 2.10. The van der Waals surface area contributed by atoms with Crippen LogP contribution in [0.25, 0.3) is 0 Å². The number of carbonyl (C=O) groups excluding carboxylic acids is 1. The molecule has 0 saturated heterocycles. The van der Waals surface area contributed by atoms with Crippen LogP contribution in [-0.2, 0) is 0 Å². The SMILES string of the molecule is O=C(Cl)c1ccoc1F. The number of halogens is 2. The van der Waals surface area contributed by atoms with Gasteiger partial charge in [0.25, 0.3) is 11.3 Å². The molecule has 2 nitrogen and oxygen atoms in total. The van der Waals surface area contributed by atoms with Crippen molar-refractivity contribution in [3.05, 3.63) is 23.9 Å². The summed E-state index contributed by atoms with van der Waals surface area (Å²) < 4.78 is 16.3. The summed E-state index contributed by atoms with van der Waals surface area (Å²) in [4.78, 5) is 10.2. The third-order valence-electron chi connectivity index (χ3n) is 0.830. The highest BCUT2D eigenvalue weighted by Crippen LogP contribution is 2.09. The maximum absolute atomic E-state index is 12.1. The first-order chi connectivity index (χ1) is 4.22. The standard InChI is InChI=1S/C5H2ClFO2/c6-4(8)3-1-2-9-5(3)7/h1-2H. The number of rotatable bonds is 1. The molecule has 0 radical (unpaired) electrons. The predicted molar refractivity (Wildman–Crippen MR) is 28.8 cm³/mol. The Balaban J connectivity index is 3.08. The second-order valence-electron chi connectivity index (χ2n) is 1.38. The zero-order valence-electron chi connectivity index (χ0n) is 4.23. The third kappa shape index (κ3) is 1.10. The molecule has 0 fully saturated rings. The molecule has 0 aliphatic rings. The molecule has 0 aromatic carbocycles. The van der Waals surface area contributed by atoms with Crippen LogP contribution in [0.15, 0.2) is 16.7 Å². The van der Waals surface area contributed by atoms with E-state index in [1.807, 2.05) is 0 Å². The van der Waals surface area contributed by atoms with Gasteiger partial charge in [-0.3, -0.25) is 4.79 Å². The summed E-state index contributed by atoms with van der Waals surface area (Å²) in [6, 6.07) is 0.236. The second kappa shape index (κ2) is 2.19. The molecule has 1 aromatic rings. The maximum atomic E-state index is 12.1. The van der Waals surface area contributed by atoms with E-state index in [0.29, 0.717) is 0 Å². The van der Waals surface area contributed by atoms with Crippen molar-refractivity contribution < 1.29 is 13.6 Å². The van der Waals surface area contributed by atoms with Crippen LogP contribution >= 0.6 is 11.6 Å². The molecule has 4 heteroatoms. The molecule has 0 unspecified atom stereocenters. The Kier molecular flexibility index (Phi) is 1.53. The maximum Gasteiger partial charge on any atom is 0.290 e. The van der Waals surface area contributed by atoms with Crippen LogP contribution in [0.4, 0.5) is 4.39 Å². The molecule has 0 atom stereocenters. The summed E-state index contributed by atoms with van der Waals surface area (Å²) in [7, 11) is 0. The summed E-state index contributed by atoms with van der Waals surface area (Å²) >= 11 is 4.91. The Morgan fingerprint density at radius 2 is 2.44 bits per heavy atom. The molecule has 9 heavy (non-hydrogen) atoms. The number of furan rings is 1. The fourth-order valence-corrected chi connectivity index (χ4v) is 0.571. The van der Waals surface area contributed by atoms with Crippen molar-refractivity contribution in [1.82, 2.24) is 0 Å². The minimum Gasteiger partial charge on any atom is -0.439 e. The first-order valence-corrected chi connectivity index (χ1v) is 2.52. The van der Waals surface area contributed by atoms with E-state index in [9.17, 15) is 9.18 Å². The number of hydrogen-bond acceptors (Lipinski definition) is 2. The smallest absolute Gasteiger partial charge is 0.290 e. The van der Waals surface area contributed by atoms with Crippen LogP contribution in [0, 0.1) is 6.01 Å². The molecule has 1 heterocycles. The van der Waals surface area contributed by atoms with Crippen LogP contribution < -0.4 is 0 Å². The van der Waals surface area contributed by atoms with Crippen molar-refractivity contribution in [2.45, 2.75) is 0 Å². The lowest BCUT2D eigenvalue weighted by Crippen LogP contribution is -1.86. The molecular weight excluding hydrogens is 147 g/mol. The van der Waals surface area contributed by atoms with Gasteiger partial charge in [-0.15, -0.1) is 0 Å². The monoisotopic (exact) mass is 148 g/mol. The van der Waals surface area contributed by atoms with Gasteiger partial charge in [0.1, 0.15) is 5.56 Å². The minimum atomic E-state index is -0.935. The van der Waals surface area contributed by atoms with Crippen LogP contribution in [0.1, 0.15) is 10.4 Å². The summed E-state index contributed by atoms with van der Waals surface area (Å²) in [6.07, 6.45) is 1.06. The zero-order chi connectivity index (χ0) is 6.85. The highest BCUT2D eigenvalue weighted by molar-refractivity contribution is 6.67. The number of carbonyl (C=O) groups is 1. The van der Waals surface area contributed by atoms with E-state index < -0.39 is 11.3 Å². The van der Waals surface area contributed by atoms with Gasteiger partial charge in [0.05, 0.1) is 6.26 Å². The van der Waals surface area contributed by atoms with Gasteiger partial charge in [-0.2, -0.15) is 4.39 Å². The molecule has 1 rings (SSSR count). The van der Waals surface area contributed by atoms with Crippen molar-refractivity contribution >= 4 is 16.8 Å². The van der Waals surface area contributed by atoms with Gasteiger partial charge in [-0.25, -0.2) is 0 Å². The average Bonchev–Trinajstić information content (AvgIpc) is 2.13. The van der Waals surface area contributed by atoms with Gasteiger partial charge in [0, 0.05) is 0 Å². The van der Waals surface area contributed by atoms with E-state index in [1.54, 1.807) is 0 Å². The Morgan fingerprint density at radius 3 is 2.67 bits per heavy atom. The van der Waals surface area contributed by atoms with Gasteiger partial charge in [0.2, 0.25) is 0 Å². The molecule has 1 aromatic heterocycles. The lowest BCUT2D eigenvalue weighted by atomic mass is 10.4. The highest BCUT2D eigenvalue weighted by atomic mass is 35.5. The first-order valence-electron chi connectivity index (χ1n) is 2.14. The fourth-order valence-electron chi connectivity index (χ4n) is 0.434. The quantitative estimate of drug-likeness (QED) is 0.569. The van der Waals surface area contributed by atoms with E-state index in [4.69, 9.17) is 11.6 Å². The lowest BCUT2D eigenvalue weighted by Gasteiger charge is -1.80. The summed E-state index contributed by atoms with van der Waals surface area (Å²) in [5.41, 5.74) is -0.225. The van der Waals surface area contributed by atoms with E-state index in [-0.39, 0.29) is 5.56 Å². The van der Waals surface area contributed by atoms with Gasteiger partial charge in [0.15, 0.2) is 0 Å². The normalized spacial score (nSPS) is 9.56. The molecule has 0 aliphatic heterocycles. The van der Waals surface area contributed by atoms with Crippen LogP contribution in [0.2, 0.25) is 0 Å². The van der Waals surface area contributed by atoms with Gasteiger partial charge in [-0.05, 0) is 17.7 Å². The van der Waals surface area contributed by atoms with Crippen LogP contribution in [-0.4, -0.2) is 5.24 Å². The summed E-state index contributed by atoms with van der Waals surface area (Å²) in [5, 5.41) is -0.846. The van der Waals surface area contributed by atoms with E-state index in [0.717, 1.165) is 6.26 Å². The van der Waals surface area contributed by atoms with Gasteiger partial charge < -0.3 is 4.42 Å². The first kappa shape index (κ1) is 6.29. The van der Waals surface area contributed by atoms with Crippen LogP contribution in [0.3, 0.4) is 0 Å². The Morgan fingerprint density at radius 1 is 1.78 bits per heavy atom. The molecule has 0 saturated carbocycles. The summed E-state index contributed by atoms with van der Waals surface area (Å²) in [5.74, 6) is 0. The summed E-state index contributed by atoms with van der Waals surface area (Å²) in [6.45, 7) is 0. The Labute approximate surface area is 55.2 Å². The molecule has 0 N–H and O–H groups in total. The minimum absolute atomic E-state index is 0.225. The van der Waals surface area contributed by atoms with Crippen molar-refractivity contribution in [2.75, 3.05) is 0 Å². The number of hydrogen-bond donors (Lipinski definition) is 0. The molecule has 0 bridgehead atoms. The second-order valence-corrected chi connectivity index (χ2v) is 1.72. The fraction of sp³-hybridized carbons (Fsp3) is 0. The average molecular weight is 149 g/mol. The lowest BCUT2D eigenvalue weighted by molar-refractivity contribution is 0.107. The molecule has 48 valence electrons. The van der Waals surface area contributed by atoms with E-state index >= 15 is 0 Å². The largest absolute Gasteiger partial charge is 0.439 e. The molecule has 0 amide bonds. The van der Waals surface area contributed by atoms with Crippen molar-refractivity contribution in [3.8, 4) is 0 Å². The Hall–Kier alpha value is -0.830. The molecular formula is C5H2ClFO2. The van der Waals surface area contributed by atoms with Gasteiger partial charge >= 0.3 is 0 Å². The molecule has 0 spiro atoms. The van der Waals surface area contributed by atoms with Crippen molar-refractivity contribution in [3.63, 3.8) is 0 Å². The van der Waals surface area contributed by atoms with Crippen LogP contribution in [0.5, 0.6) is 0 Å². The zero-order valence-corrected chi connectivity index (χ0v) is 4.98.